The first-order valence-electron chi connectivity index (χ1n) is 4.47. The second-order valence-electron chi connectivity index (χ2n) is 2.96. The Morgan fingerprint density at radius 1 is 1.44 bits per heavy atom. The third-order valence-corrected chi connectivity index (χ3v) is 2.78. The van der Waals surface area contributed by atoms with Crippen molar-refractivity contribution in [2.45, 2.75) is 10.8 Å². The molecule has 0 bridgehead atoms. The first-order valence-corrected chi connectivity index (χ1v) is 5.46. The van der Waals surface area contributed by atoms with E-state index in [1.807, 2.05) is 0 Å². The van der Waals surface area contributed by atoms with Crippen molar-refractivity contribution in [3.8, 4) is 0 Å². The summed E-state index contributed by atoms with van der Waals surface area (Å²) in [4.78, 5) is 14.8. The number of carboxylic acid groups (broad SMARTS) is 1. The van der Waals surface area contributed by atoms with Gasteiger partial charge in [-0.2, -0.15) is 0 Å². The fraction of sp³-hybridized carbons (Fsp3) is 0.100. The number of thioether (sulfide) groups is 1. The van der Waals surface area contributed by atoms with Gasteiger partial charge >= 0.3 is 5.97 Å². The van der Waals surface area contributed by atoms with Crippen LogP contribution in [0.5, 0.6) is 0 Å². The molecule has 0 aliphatic rings. The Bertz CT molecular complexity index is 485. The largest absolute Gasteiger partial charge is 0.478 e. The maximum absolute atomic E-state index is 10.7. The Hall–Kier alpha value is -1.82. The Morgan fingerprint density at radius 2 is 2.31 bits per heavy atom. The summed E-state index contributed by atoms with van der Waals surface area (Å²) in [6.07, 6.45) is 3.04. The third-order valence-electron chi connectivity index (χ3n) is 1.84. The number of rotatable bonds is 4. The van der Waals surface area contributed by atoms with Crippen LogP contribution >= 0.6 is 11.8 Å². The van der Waals surface area contributed by atoms with E-state index in [1.54, 1.807) is 12.3 Å². The number of hydrogen-bond acceptors (Lipinski definition) is 5. The molecule has 5 nitrogen and oxygen atoms in total. The molecule has 0 saturated carbocycles. The van der Waals surface area contributed by atoms with E-state index in [-0.39, 0.29) is 5.56 Å². The van der Waals surface area contributed by atoms with Crippen molar-refractivity contribution in [2.24, 2.45) is 0 Å². The Labute approximate surface area is 95.5 Å². The van der Waals surface area contributed by atoms with Crippen LogP contribution in [0, 0.1) is 0 Å². The summed E-state index contributed by atoms with van der Waals surface area (Å²) in [5.41, 5.74) is 0.232. The van der Waals surface area contributed by atoms with Gasteiger partial charge in [0.15, 0.2) is 0 Å². The van der Waals surface area contributed by atoms with E-state index < -0.39 is 5.97 Å². The molecule has 0 aromatic carbocycles. The Kier molecular flexibility index (Phi) is 3.21. The van der Waals surface area contributed by atoms with Gasteiger partial charge < -0.3 is 9.63 Å². The monoisotopic (exact) mass is 236 g/mol. The van der Waals surface area contributed by atoms with E-state index in [1.165, 1.54) is 30.1 Å². The maximum Gasteiger partial charge on any atom is 0.335 e. The average molecular weight is 236 g/mol. The summed E-state index contributed by atoms with van der Waals surface area (Å²) in [5.74, 6) is 0.354. The molecule has 16 heavy (non-hydrogen) atoms. The molecule has 6 heteroatoms. The maximum atomic E-state index is 10.7. The van der Waals surface area contributed by atoms with Crippen LogP contribution < -0.4 is 0 Å². The van der Waals surface area contributed by atoms with E-state index in [4.69, 9.17) is 9.63 Å². The van der Waals surface area contributed by atoms with Crippen molar-refractivity contribution in [2.75, 3.05) is 0 Å². The molecular weight excluding hydrogens is 228 g/mol. The molecule has 82 valence electrons. The van der Waals surface area contributed by atoms with Gasteiger partial charge in [0.1, 0.15) is 5.76 Å². The van der Waals surface area contributed by atoms with Crippen molar-refractivity contribution in [1.29, 1.82) is 0 Å². The molecule has 0 aliphatic heterocycles. The zero-order valence-corrected chi connectivity index (χ0v) is 8.98. The summed E-state index contributed by atoms with van der Waals surface area (Å²) in [5, 5.41) is 13.0. The molecule has 0 atom stereocenters. The summed E-state index contributed by atoms with van der Waals surface area (Å²) in [7, 11) is 0. The van der Waals surface area contributed by atoms with Crippen LogP contribution in [-0.4, -0.2) is 21.2 Å². The highest BCUT2D eigenvalue weighted by Gasteiger charge is 2.05. The molecule has 0 aliphatic carbocycles. The van der Waals surface area contributed by atoms with Crippen molar-refractivity contribution >= 4 is 17.7 Å². The van der Waals surface area contributed by atoms with Crippen molar-refractivity contribution < 1.29 is 14.4 Å². The standard InChI is InChI=1S/C10H8N2O3S/c13-10(14)7-1-3-11-9(5-7)16-6-8-2-4-12-15-8/h1-5H,6H2,(H,13,14). The van der Waals surface area contributed by atoms with Gasteiger partial charge in [0.25, 0.3) is 0 Å². The number of aromatic carboxylic acids is 1. The van der Waals surface area contributed by atoms with Gasteiger partial charge in [-0.05, 0) is 12.1 Å². The van der Waals surface area contributed by atoms with E-state index in [9.17, 15) is 4.79 Å². The highest BCUT2D eigenvalue weighted by Crippen LogP contribution is 2.21. The van der Waals surface area contributed by atoms with Crippen molar-refractivity contribution in [1.82, 2.24) is 10.1 Å². The van der Waals surface area contributed by atoms with E-state index >= 15 is 0 Å². The van der Waals surface area contributed by atoms with Crippen LogP contribution in [0.15, 0.2) is 40.1 Å². The van der Waals surface area contributed by atoms with E-state index in [0.29, 0.717) is 10.8 Å². The fourth-order valence-corrected chi connectivity index (χ4v) is 1.87. The molecule has 0 fully saturated rings. The number of nitrogens with zero attached hydrogens (tertiary/aromatic N) is 2. The molecule has 2 rings (SSSR count). The molecule has 1 N–H and O–H groups in total. The summed E-state index contributed by atoms with van der Waals surface area (Å²) in [6.45, 7) is 0. The van der Waals surface area contributed by atoms with Crippen LogP contribution in [0.2, 0.25) is 0 Å². The topological polar surface area (TPSA) is 76.2 Å². The minimum absolute atomic E-state index is 0.232. The molecular formula is C10H8N2O3S. The molecule has 0 radical (unpaired) electrons. The van der Waals surface area contributed by atoms with E-state index in [0.717, 1.165) is 5.76 Å². The van der Waals surface area contributed by atoms with Crippen LogP contribution in [-0.2, 0) is 5.75 Å². The predicted octanol–water partition coefficient (Wildman–Crippen LogP) is 2.06. The number of aromatic nitrogens is 2. The van der Waals surface area contributed by atoms with Gasteiger partial charge in [-0.25, -0.2) is 9.78 Å². The van der Waals surface area contributed by atoms with Crippen molar-refractivity contribution in [3.63, 3.8) is 0 Å². The molecule has 2 aromatic heterocycles. The van der Waals surface area contributed by atoms with Crippen LogP contribution in [0.3, 0.4) is 0 Å². The normalized spacial score (nSPS) is 10.2. The minimum Gasteiger partial charge on any atom is -0.478 e. The van der Waals surface area contributed by atoms with Crippen LogP contribution in [0.25, 0.3) is 0 Å². The molecule has 0 unspecified atom stereocenters. The summed E-state index contributed by atoms with van der Waals surface area (Å²) < 4.78 is 4.92. The number of pyridine rings is 1. The summed E-state index contributed by atoms with van der Waals surface area (Å²) in [6, 6.07) is 4.75. The number of hydrogen-bond donors (Lipinski definition) is 1. The smallest absolute Gasteiger partial charge is 0.335 e. The Morgan fingerprint density at radius 3 is 3.00 bits per heavy atom. The zero-order valence-electron chi connectivity index (χ0n) is 8.16. The van der Waals surface area contributed by atoms with Crippen LogP contribution in [0.1, 0.15) is 16.1 Å². The molecule has 0 saturated heterocycles. The van der Waals surface area contributed by atoms with Crippen molar-refractivity contribution in [3.05, 3.63) is 41.9 Å². The van der Waals surface area contributed by atoms with Gasteiger partial charge in [-0.3, -0.25) is 0 Å². The number of carbonyl (C=O) groups is 1. The average Bonchev–Trinajstić information content (AvgIpc) is 2.79. The lowest BCUT2D eigenvalue weighted by atomic mass is 10.3. The predicted molar refractivity (Wildman–Crippen MR) is 57.3 cm³/mol. The Balaban J connectivity index is 2.04. The van der Waals surface area contributed by atoms with Crippen LogP contribution in [0.4, 0.5) is 0 Å². The third kappa shape index (κ3) is 2.60. The second-order valence-corrected chi connectivity index (χ2v) is 3.95. The fourth-order valence-electron chi connectivity index (χ4n) is 1.08. The second kappa shape index (κ2) is 4.80. The molecule has 2 aromatic rings. The quantitative estimate of drug-likeness (QED) is 0.819. The van der Waals surface area contributed by atoms with Gasteiger partial charge in [-0.15, -0.1) is 0 Å². The SMILES string of the molecule is O=C(O)c1ccnc(SCc2ccno2)c1. The van der Waals surface area contributed by atoms with Gasteiger partial charge in [-0.1, -0.05) is 16.9 Å². The first-order chi connectivity index (χ1) is 7.75. The number of carboxylic acids is 1. The highest BCUT2D eigenvalue weighted by molar-refractivity contribution is 7.98. The lowest BCUT2D eigenvalue weighted by Gasteiger charge is -1.99. The summed E-state index contributed by atoms with van der Waals surface area (Å²) >= 11 is 1.40. The molecule has 0 spiro atoms. The zero-order chi connectivity index (χ0) is 11.4. The highest BCUT2D eigenvalue weighted by atomic mass is 32.2. The van der Waals surface area contributed by atoms with E-state index in [2.05, 4.69) is 10.1 Å². The lowest BCUT2D eigenvalue weighted by Crippen LogP contribution is -1.96. The molecule has 0 amide bonds. The van der Waals surface area contributed by atoms with Gasteiger partial charge in [0.05, 0.1) is 22.5 Å². The van der Waals surface area contributed by atoms with Gasteiger partial charge in [0.2, 0.25) is 0 Å². The van der Waals surface area contributed by atoms with Gasteiger partial charge in [0, 0.05) is 12.3 Å². The minimum atomic E-state index is -0.955. The molecule has 2 heterocycles. The lowest BCUT2D eigenvalue weighted by molar-refractivity contribution is 0.0696. The first kappa shape index (κ1) is 10.7.